The first-order valence-electron chi connectivity index (χ1n) is 12.2. The molecule has 184 valence electrons. The van der Waals surface area contributed by atoms with Gasteiger partial charge in [-0.15, -0.1) is 0 Å². The quantitative estimate of drug-likeness (QED) is 0.319. The monoisotopic (exact) mass is 481 g/mol. The summed E-state index contributed by atoms with van der Waals surface area (Å²) in [6, 6.07) is 26.7. The second-order valence-electron chi connectivity index (χ2n) is 9.52. The lowest BCUT2D eigenvalue weighted by molar-refractivity contribution is -0.138. The smallest absolute Gasteiger partial charge is 0.303 e. The van der Waals surface area contributed by atoms with E-state index >= 15 is 0 Å². The molecule has 0 fully saturated rings. The number of nitrogens with zero attached hydrogens (tertiary/aromatic N) is 1. The molecule has 0 aromatic heterocycles. The molecule has 0 bridgehead atoms. The zero-order valence-corrected chi connectivity index (χ0v) is 20.4. The number of hydrogen-bond donors (Lipinski definition) is 2. The molecule has 0 aliphatic heterocycles. The van der Waals surface area contributed by atoms with Crippen LogP contribution in [0.15, 0.2) is 103 Å². The van der Waals surface area contributed by atoms with Crippen molar-refractivity contribution in [2.75, 3.05) is 4.90 Å². The molecule has 3 aromatic carbocycles. The highest BCUT2D eigenvalue weighted by molar-refractivity contribution is 5.74. The minimum Gasteiger partial charge on any atom is -0.481 e. The van der Waals surface area contributed by atoms with Gasteiger partial charge in [-0.05, 0) is 71.7 Å². The molecule has 1 aliphatic rings. The largest absolute Gasteiger partial charge is 0.481 e. The number of carboxylic acids is 2. The fourth-order valence-electron chi connectivity index (χ4n) is 4.45. The van der Waals surface area contributed by atoms with Gasteiger partial charge in [0, 0.05) is 29.9 Å². The van der Waals surface area contributed by atoms with Crippen LogP contribution in [-0.2, 0) is 16.0 Å². The Balaban J connectivity index is 1.63. The van der Waals surface area contributed by atoms with Crippen molar-refractivity contribution >= 4 is 23.3 Å². The zero-order valence-electron chi connectivity index (χ0n) is 20.4. The molecule has 1 atom stereocenters. The molecule has 0 saturated heterocycles. The van der Waals surface area contributed by atoms with E-state index in [1.165, 1.54) is 0 Å². The van der Waals surface area contributed by atoms with Crippen LogP contribution in [-0.4, -0.2) is 22.2 Å². The number of allylic oxidation sites excluding steroid dienone is 3. The van der Waals surface area contributed by atoms with Crippen LogP contribution in [0.2, 0.25) is 0 Å². The van der Waals surface area contributed by atoms with E-state index in [4.69, 9.17) is 10.2 Å². The predicted octanol–water partition coefficient (Wildman–Crippen LogP) is 7.22. The van der Waals surface area contributed by atoms with Gasteiger partial charge in [-0.1, -0.05) is 73.7 Å². The van der Waals surface area contributed by atoms with Gasteiger partial charge in [0.05, 0.1) is 0 Å². The van der Waals surface area contributed by atoms with E-state index in [0.717, 1.165) is 40.2 Å². The Morgan fingerprint density at radius 2 is 1.39 bits per heavy atom. The van der Waals surface area contributed by atoms with Crippen molar-refractivity contribution in [1.29, 1.82) is 0 Å². The Morgan fingerprint density at radius 3 is 1.94 bits per heavy atom. The molecule has 0 heterocycles. The molecule has 36 heavy (non-hydrogen) atoms. The summed E-state index contributed by atoms with van der Waals surface area (Å²) in [5.41, 5.74) is 6.10. The van der Waals surface area contributed by atoms with Gasteiger partial charge < -0.3 is 15.1 Å². The van der Waals surface area contributed by atoms with E-state index in [1.54, 1.807) is 0 Å². The van der Waals surface area contributed by atoms with Crippen LogP contribution >= 0.6 is 0 Å². The molecule has 0 radical (unpaired) electrons. The molecule has 2 N–H and O–H groups in total. The van der Waals surface area contributed by atoms with E-state index in [0.29, 0.717) is 12.8 Å². The maximum absolute atomic E-state index is 11.1. The van der Waals surface area contributed by atoms with Crippen molar-refractivity contribution in [3.63, 3.8) is 0 Å². The third-order valence-corrected chi connectivity index (χ3v) is 6.66. The van der Waals surface area contributed by atoms with E-state index < -0.39 is 11.9 Å². The fraction of sp³-hybridized carbons (Fsp3) is 0.226. The lowest BCUT2D eigenvalue weighted by Crippen LogP contribution is -2.22. The average molecular weight is 482 g/mol. The maximum atomic E-state index is 11.1. The molecule has 0 amide bonds. The molecule has 3 aromatic rings. The van der Waals surface area contributed by atoms with Crippen molar-refractivity contribution in [1.82, 2.24) is 0 Å². The number of hydrogen-bond acceptors (Lipinski definition) is 3. The van der Waals surface area contributed by atoms with Crippen molar-refractivity contribution in [3.05, 3.63) is 108 Å². The van der Waals surface area contributed by atoms with Gasteiger partial charge >= 0.3 is 11.9 Å². The Bertz CT molecular complexity index is 1260. The average Bonchev–Trinajstić information content (AvgIpc) is 2.89. The second kappa shape index (κ2) is 11.1. The fourth-order valence-corrected chi connectivity index (χ4v) is 4.45. The summed E-state index contributed by atoms with van der Waals surface area (Å²) in [7, 11) is 0. The van der Waals surface area contributed by atoms with Gasteiger partial charge in [0.15, 0.2) is 0 Å². The summed E-state index contributed by atoms with van der Waals surface area (Å²) in [6.07, 6.45) is 8.46. The molecular weight excluding hydrogens is 450 g/mol. The third-order valence-electron chi connectivity index (χ3n) is 6.66. The van der Waals surface area contributed by atoms with Crippen LogP contribution in [0, 0.1) is 5.41 Å². The Morgan fingerprint density at radius 1 is 0.806 bits per heavy atom. The van der Waals surface area contributed by atoms with Crippen LogP contribution in [0.4, 0.5) is 11.4 Å². The SMILES string of the molecule is CC1(CCC(=O)O)C=CC(N(c2ccc(CCC(=O)O)cc2)c2ccc(-c3ccccc3)cc2)=CC1. The third kappa shape index (κ3) is 6.30. The van der Waals surface area contributed by atoms with E-state index in [2.05, 4.69) is 66.4 Å². The summed E-state index contributed by atoms with van der Waals surface area (Å²) < 4.78 is 0. The normalized spacial score (nSPS) is 16.9. The molecule has 5 heteroatoms. The van der Waals surface area contributed by atoms with Crippen LogP contribution in [0.3, 0.4) is 0 Å². The molecule has 0 saturated carbocycles. The second-order valence-corrected chi connectivity index (χ2v) is 9.52. The summed E-state index contributed by atoms with van der Waals surface area (Å²) in [5.74, 6) is -1.58. The highest BCUT2D eigenvalue weighted by Gasteiger charge is 2.26. The van der Waals surface area contributed by atoms with Crippen LogP contribution < -0.4 is 4.90 Å². The molecule has 0 spiro atoms. The van der Waals surface area contributed by atoms with Crippen molar-refractivity contribution in [3.8, 4) is 11.1 Å². The number of anilines is 2. The number of rotatable bonds is 10. The minimum absolute atomic E-state index is 0.104. The van der Waals surface area contributed by atoms with Gasteiger partial charge in [0.1, 0.15) is 0 Å². The molecule has 4 rings (SSSR count). The highest BCUT2D eigenvalue weighted by atomic mass is 16.4. The van der Waals surface area contributed by atoms with Crippen LogP contribution in [0.25, 0.3) is 11.1 Å². The molecule has 1 aliphatic carbocycles. The first-order valence-corrected chi connectivity index (χ1v) is 12.2. The number of aryl methyl sites for hydroxylation is 1. The Labute approximate surface area is 212 Å². The van der Waals surface area contributed by atoms with Gasteiger partial charge in [-0.3, -0.25) is 9.59 Å². The topological polar surface area (TPSA) is 77.8 Å². The molecular formula is C31H31NO4. The Kier molecular flexibility index (Phi) is 7.69. The van der Waals surface area contributed by atoms with Gasteiger partial charge in [-0.2, -0.15) is 0 Å². The molecule has 5 nitrogen and oxygen atoms in total. The number of benzene rings is 3. The van der Waals surface area contributed by atoms with Gasteiger partial charge in [0.2, 0.25) is 0 Å². The maximum Gasteiger partial charge on any atom is 0.303 e. The lowest BCUT2D eigenvalue weighted by Gasteiger charge is -2.33. The minimum atomic E-state index is -0.803. The summed E-state index contributed by atoms with van der Waals surface area (Å²) in [4.78, 5) is 24.2. The number of aliphatic carboxylic acids is 2. The van der Waals surface area contributed by atoms with Gasteiger partial charge in [0.25, 0.3) is 0 Å². The van der Waals surface area contributed by atoms with E-state index in [-0.39, 0.29) is 18.3 Å². The zero-order chi connectivity index (χ0) is 25.5. The van der Waals surface area contributed by atoms with Crippen molar-refractivity contribution in [2.45, 2.75) is 39.0 Å². The summed E-state index contributed by atoms with van der Waals surface area (Å²) in [6.45, 7) is 2.09. The van der Waals surface area contributed by atoms with E-state index in [9.17, 15) is 9.59 Å². The number of carboxylic acid groups (broad SMARTS) is 2. The summed E-state index contributed by atoms with van der Waals surface area (Å²) >= 11 is 0. The van der Waals surface area contributed by atoms with Crippen LogP contribution in [0.1, 0.15) is 38.2 Å². The van der Waals surface area contributed by atoms with E-state index in [1.807, 2.05) is 42.5 Å². The van der Waals surface area contributed by atoms with Crippen molar-refractivity contribution < 1.29 is 19.8 Å². The van der Waals surface area contributed by atoms with Gasteiger partial charge in [-0.25, -0.2) is 0 Å². The first-order chi connectivity index (χ1) is 17.3. The standard InChI is InChI=1S/C31H31NO4/c1-31(22-19-30(35)36)20-17-28(18-21-31)32(26-12-7-23(8-13-26)9-16-29(33)34)27-14-10-25(11-15-27)24-5-3-2-4-6-24/h2-8,10-15,17-18,20H,9,16,19,21-22H2,1H3,(H,33,34)(H,35,36). The van der Waals surface area contributed by atoms with Crippen molar-refractivity contribution in [2.24, 2.45) is 5.41 Å². The lowest BCUT2D eigenvalue weighted by atomic mass is 9.79. The predicted molar refractivity (Wildman–Crippen MR) is 143 cm³/mol. The first kappa shape index (κ1) is 25.0. The van der Waals surface area contributed by atoms with Crippen LogP contribution in [0.5, 0.6) is 0 Å². The summed E-state index contributed by atoms with van der Waals surface area (Å²) in [5, 5.41) is 18.1. The molecule has 1 unspecified atom stereocenters. The highest BCUT2D eigenvalue weighted by Crippen LogP contribution is 2.39. The Hall–Kier alpha value is -4.12. The number of carbonyl (C=O) groups is 2.